The van der Waals surface area contributed by atoms with Crippen LogP contribution in [0.2, 0.25) is 0 Å². The molecule has 0 radical (unpaired) electrons. The van der Waals surface area contributed by atoms with Gasteiger partial charge in [0.15, 0.2) is 11.5 Å². The van der Waals surface area contributed by atoms with Gasteiger partial charge in [-0.25, -0.2) is 0 Å². The van der Waals surface area contributed by atoms with Crippen molar-refractivity contribution in [3.63, 3.8) is 0 Å². The van der Waals surface area contributed by atoms with E-state index in [0.29, 0.717) is 17.2 Å². The van der Waals surface area contributed by atoms with Gasteiger partial charge in [-0.2, -0.15) is 5.10 Å². The van der Waals surface area contributed by atoms with Gasteiger partial charge in [-0.1, -0.05) is 11.2 Å². The third-order valence-electron chi connectivity index (χ3n) is 3.53. The summed E-state index contributed by atoms with van der Waals surface area (Å²) < 4.78 is 17.4. The monoisotopic (exact) mass is 355 g/mol. The Hall–Kier alpha value is -3.62. The van der Waals surface area contributed by atoms with Gasteiger partial charge in [0.05, 0.1) is 14.2 Å². The zero-order valence-corrected chi connectivity index (χ0v) is 14.5. The third kappa shape index (κ3) is 3.72. The van der Waals surface area contributed by atoms with Crippen molar-refractivity contribution in [3.05, 3.63) is 42.1 Å². The van der Waals surface area contributed by atoms with Crippen LogP contribution in [0.3, 0.4) is 0 Å². The molecule has 2 heterocycles. The van der Waals surface area contributed by atoms with Gasteiger partial charge in [-0.15, -0.1) is 5.10 Å². The number of amides is 1. The van der Waals surface area contributed by atoms with E-state index in [1.165, 1.54) is 6.08 Å². The minimum atomic E-state index is -0.403. The van der Waals surface area contributed by atoms with Crippen molar-refractivity contribution in [1.29, 1.82) is 0 Å². The Morgan fingerprint density at radius 3 is 2.69 bits per heavy atom. The predicted molar refractivity (Wildman–Crippen MR) is 93.7 cm³/mol. The second kappa shape index (κ2) is 7.51. The lowest BCUT2D eigenvalue weighted by Gasteiger charge is -2.07. The Balaban J connectivity index is 1.67. The highest BCUT2D eigenvalue weighted by Gasteiger charge is 2.12. The van der Waals surface area contributed by atoms with Gasteiger partial charge in [-0.05, 0) is 29.8 Å². The highest BCUT2D eigenvalue weighted by atomic mass is 16.5. The second-order valence-electron chi connectivity index (χ2n) is 5.19. The van der Waals surface area contributed by atoms with Crippen LogP contribution in [0.4, 0.5) is 6.01 Å². The summed E-state index contributed by atoms with van der Waals surface area (Å²) in [6.45, 7) is 0. The first-order valence-corrected chi connectivity index (χ1v) is 7.63. The standard InChI is InChI=1S/C17H17N5O4/c1-22-12(8-9-18-22)16-20-21-17(26-16)19-15(23)7-5-11-4-6-13(24-2)14(10-11)25-3/h4-10H,1-3H3,(H,19,21,23)/b7-5-. The first-order chi connectivity index (χ1) is 12.6. The van der Waals surface area contributed by atoms with E-state index in [9.17, 15) is 4.79 Å². The largest absolute Gasteiger partial charge is 0.493 e. The molecule has 0 aliphatic rings. The Labute approximate surface area is 149 Å². The Bertz CT molecular complexity index is 944. The van der Waals surface area contributed by atoms with Crippen molar-refractivity contribution in [2.75, 3.05) is 19.5 Å². The molecule has 0 unspecified atom stereocenters. The number of rotatable bonds is 6. The maximum absolute atomic E-state index is 12.0. The molecular formula is C17H17N5O4. The number of aryl methyl sites for hydroxylation is 1. The summed E-state index contributed by atoms with van der Waals surface area (Å²) in [4.78, 5) is 12.0. The van der Waals surface area contributed by atoms with E-state index < -0.39 is 5.91 Å². The number of hydrogen-bond donors (Lipinski definition) is 1. The Kier molecular flexibility index (Phi) is 4.97. The summed E-state index contributed by atoms with van der Waals surface area (Å²) in [5, 5.41) is 14.2. The molecule has 3 aromatic rings. The topological polar surface area (TPSA) is 104 Å². The van der Waals surface area contributed by atoms with Crippen molar-refractivity contribution in [3.8, 4) is 23.1 Å². The summed E-state index contributed by atoms with van der Waals surface area (Å²) in [5.41, 5.74) is 1.43. The number of ether oxygens (including phenoxy) is 2. The molecule has 0 saturated carbocycles. The van der Waals surface area contributed by atoms with Gasteiger partial charge in [0.2, 0.25) is 0 Å². The Morgan fingerprint density at radius 2 is 2.00 bits per heavy atom. The first-order valence-electron chi connectivity index (χ1n) is 7.63. The van der Waals surface area contributed by atoms with Crippen LogP contribution in [0.15, 0.2) is 41.0 Å². The maximum atomic E-state index is 12.0. The summed E-state index contributed by atoms with van der Waals surface area (Å²) in [7, 11) is 4.86. The highest BCUT2D eigenvalue weighted by molar-refractivity contribution is 6.00. The van der Waals surface area contributed by atoms with Gasteiger partial charge >= 0.3 is 6.01 Å². The van der Waals surface area contributed by atoms with Gasteiger partial charge in [0, 0.05) is 19.3 Å². The molecule has 0 bridgehead atoms. The molecular weight excluding hydrogens is 338 g/mol. The summed E-state index contributed by atoms with van der Waals surface area (Å²) in [6.07, 6.45) is 4.61. The molecule has 9 nitrogen and oxygen atoms in total. The zero-order chi connectivity index (χ0) is 18.5. The second-order valence-corrected chi connectivity index (χ2v) is 5.19. The molecule has 0 fully saturated rings. The first kappa shape index (κ1) is 17.2. The fourth-order valence-corrected chi connectivity index (χ4v) is 2.24. The molecule has 0 saturated heterocycles. The average molecular weight is 355 g/mol. The lowest BCUT2D eigenvalue weighted by atomic mass is 10.2. The lowest BCUT2D eigenvalue weighted by Crippen LogP contribution is -2.07. The molecule has 1 amide bonds. The van der Waals surface area contributed by atoms with Crippen molar-refractivity contribution in [2.45, 2.75) is 0 Å². The number of anilines is 1. The van der Waals surface area contributed by atoms with E-state index in [1.54, 1.807) is 62.5 Å². The number of methoxy groups -OCH3 is 2. The third-order valence-corrected chi connectivity index (χ3v) is 3.53. The van der Waals surface area contributed by atoms with E-state index in [4.69, 9.17) is 13.9 Å². The minimum Gasteiger partial charge on any atom is -0.493 e. The summed E-state index contributed by atoms with van der Waals surface area (Å²) >= 11 is 0. The van der Waals surface area contributed by atoms with Crippen LogP contribution in [-0.4, -0.2) is 40.1 Å². The molecule has 1 N–H and O–H groups in total. The number of aromatic nitrogens is 4. The van der Waals surface area contributed by atoms with E-state index in [-0.39, 0.29) is 11.9 Å². The lowest BCUT2D eigenvalue weighted by molar-refractivity contribution is -0.112. The van der Waals surface area contributed by atoms with Crippen LogP contribution >= 0.6 is 0 Å². The van der Waals surface area contributed by atoms with Crippen molar-refractivity contribution in [2.24, 2.45) is 7.05 Å². The maximum Gasteiger partial charge on any atom is 0.322 e. The average Bonchev–Trinajstić information content (AvgIpc) is 3.28. The smallest absolute Gasteiger partial charge is 0.322 e. The number of benzene rings is 1. The molecule has 3 rings (SSSR count). The molecule has 0 aliphatic carbocycles. The minimum absolute atomic E-state index is 0.00293. The fourth-order valence-electron chi connectivity index (χ4n) is 2.24. The number of nitrogens with one attached hydrogen (secondary N) is 1. The van der Waals surface area contributed by atoms with Gasteiger partial charge in [-0.3, -0.25) is 14.8 Å². The van der Waals surface area contributed by atoms with Crippen LogP contribution < -0.4 is 14.8 Å². The van der Waals surface area contributed by atoms with Crippen LogP contribution in [0.25, 0.3) is 17.7 Å². The fraction of sp³-hybridized carbons (Fsp3) is 0.176. The number of hydrogen-bond acceptors (Lipinski definition) is 7. The quantitative estimate of drug-likeness (QED) is 0.675. The van der Waals surface area contributed by atoms with Crippen molar-refractivity contribution >= 4 is 18.0 Å². The van der Waals surface area contributed by atoms with Crippen LogP contribution in [0, 0.1) is 0 Å². The Morgan fingerprint density at radius 1 is 1.19 bits per heavy atom. The van der Waals surface area contributed by atoms with E-state index in [2.05, 4.69) is 20.6 Å². The molecule has 134 valence electrons. The van der Waals surface area contributed by atoms with E-state index in [0.717, 1.165) is 5.56 Å². The number of nitrogens with zero attached hydrogens (tertiary/aromatic N) is 4. The number of carbonyl (C=O) groups is 1. The van der Waals surface area contributed by atoms with Crippen LogP contribution in [-0.2, 0) is 11.8 Å². The molecule has 2 aromatic heterocycles. The van der Waals surface area contributed by atoms with Gasteiger partial charge < -0.3 is 13.9 Å². The van der Waals surface area contributed by atoms with E-state index >= 15 is 0 Å². The number of carbonyl (C=O) groups excluding carboxylic acids is 1. The molecule has 0 atom stereocenters. The van der Waals surface area contributed by atoms with Gasteiger partial charge in [0.25, 0.3) is 11.8 Å². The summed E-state index contributed by atoms with van der Waals surface area (Å²) in [6, 6.07) is 7.06. The predicted octanol–water partition coefficient (Wildman–Crippen LogP) is 2.14. The molecule has 0 aliphatic heterocycles. The van der Waals surface area contributed by atoms with E-state index in [1.807, 2.05) is 0 Å². The van der Waals surface area contributed by atoms with Crippen molar-refractivity contribution in [1.82, 2.24) is 20.0 Å². The zero-order valence-electron chi connectivity index (χ0n) is 14.5. The van der Waals surface area contributed by atoms with Crippen LogP contribution in [0.5, 0.6) is 11.5 Å². The van der Waals surface area contributed by atoms with Gasteiger partial charge in [0.1, 0.15) is 5.69 Å². The van der Waals surface area contributed by atoms with Crippen molar-refractivity contribution < 1.29 is 18.7 Å². The SMILES string of the molecule is COc1ccc(/C=C\C(=O)Nc2nnc(-c3ccnn3C)o2)cc1OC. The molecule has 0 spiro atoms. The molecule has 9 heteroatoms. The molecule has 26 heavy (non-hydrogen) atoms. The highest BCUT2D eigenvalue weighted by Crippen LogP contribution is 2.28. The van der Waals surface area contributed by atoms with Crippen LogP contribution in [0.1, 0.15) is 5.56 Å². The normalized spacial score (nSPS) is 10.9. The summed E-state index contributed by atoms with van der Waals surface area (Å²) in [5.74, 6) is 1.06. The molecule has 1 aromatic carbocycles.